The van der Waals surface area contributed by atoms with E-state index in [2.05, 4.69) is 26.1 Å². The predicted molar refractivity (Wildman–Crippen MR) is 67.4 cm³/mol. The molecule has 0 saturated carbocycles. The number of rotatable bonds is 9. The van der Waals surface area contributed by atoms with Crippen LogP contribution in [0, 0.1) is 5.92 Å². The van der Waals surface area contributed by atoms with Crippen molar-refractivity contribution in [3.63, 3.8) is 0 Å². The minimum atomic E-state index is -0.190. The van der Waals surface area contributed by atoms with Gasteiger partial charge in [0.05, 0.1) is 12.1 Å². The number of hydrogen-bond acceptors (Lipinski definition) is 4. The summed E-state index contributed by atoms with van der Waals surface area (Å²) >= 11 is 0. The Morgan fingerprint density at radius 1 is 1.44 bits per heavy atom. The van der Waals surface area contributed by atoms with E-state index in [0.29, 0.717) is 25.1 Å². The van der Waals surface area contributed by atoms with Crippen molar-refractivity contribution >= 4 is 0 Å². The molecule has 0 spiro atoms. The van der Waals surface area contributed by atoms with Gasteiger partial charge in [0.25, 0.3) is 0 Å². The fourth-order valence-electron chi connectivity index (χ4n) is 1.93. The minimum absolute atomic E-state index is 0.190. The number of aliphatic hydroxyl groups excluding tert-OH is 1. The molecule has 0 rings (SSSR count). The van der Waals surface area contributed by atoms with Gasteiger partial charge in [0.2, 0.25) is 0 Å². The highest BCUT2D eigenvalue weighted by molar-refractivity contribution is 4.94. The number of methoxy groups -OCH3 is 1. The Morgan fingerprint density at radius 3 is 2.38 bits per heavy atom. The van der Waals surface area contributed by atoms with Gasteiger partial charge in [0, 0.05) is 26.3 Å². The van der Waals surface area contributed by atoms with E-state index in [0.717, 1.165) is 12.8 Å². The molecule has 4 nitrogen and oxygen atoms in total. The molecule has 4 N–H and O–H groups in total. The van der Waals surface area contributed by atoms with Gasteiger partial charge in [0.15, 0.2) is 0 Å². The highest BCUT2D eigenvalue weighted by Gasteiger charge is 2.33. The van der Waals surface area contributed by atoms with E-state index in [1.54, 1.807) is 7.11 Å². The van der Waals surface area contributed by atoms with Crippen molar-refractivity contribution in [2.75, 3.05) is 26.9 Å². The summed E-state index contributed by atoms with van der Waals surface area (Å²) in [5.74, 6) is 0.394. The van der Waals surface area contributed by atoms with Gasteiger partial charge in [0.1, 0.15) is 0 Å². The van der Waals surface area contributed by atoms with Crippen molar-refractivity contribution < 1.29 is 9.84 Å². The molecule has 0 saturated heterocycles. The van der Waals surface area contributed by atoms with Gasteiger partial charge in [-0.1, -0.05) is 20.8 Å². The van der Waals surface area contributed by atoms with Crippen molar-refractivity contribution in [1.82, 2.24) is 5.32 Å². The normalized spacial score (nSPS) is 17.4. The van der Waals surface area contributed by atoms with Gasteiger partial charge in [-0.15, -0.1) is 0 Å². The quantitative estimate of drug-likeness (QED) is 0.548. The van der Waals surface area contributed by atoms with Gasteiger partial charge in [-0.25, -0.2) is 0 Å². The van der Waals surface area contributed by atoms with Gasteiger partial charge < -0.3 is 20.9 Å². The maximum atomic E-state index is 9.00. The predicted octanol–water partition coefficient (Wildman–Crippen LogP) is 0.737. The summed E-state index contributed by atoms with van der Waals surface area (Å²) in [7, 11) is 1.70. The lowest BCUT2D eigenvalue weighted by Gasteiger charge is -2.40. The zero-order valence-electron chi connectivity index (χ0n) is 11.1. The Hall–Kier alpha value is -0.160. The molecular weight excluding hydrogens is 204 g/mol. The second-order valence-corrected chi connectivity index (χ2v) is 4.71. The van der Waals surface area contributed by atoms with E-state index >= 15 is 0 Å². The fourth-order valence-corrected chi connectivity index (χ4v) is 1.93. The topological polar surface area (TPSA) is 67.5 Å². The molecule has 2 atom stereocenters. The van der Waals surface area contributed by atoms with Gasteiger partial charge in [-0.2, -0.15) is 0 Å². The van der Waals surface area contributed by atoms with Crippen LogP contribution in [-0.2, 0) is 4.74 Å². The molecular formula is C12H28N2O2. The third-order valence-electron chi connectivity index (χ3n) is 3.33. The maximum absolute atomic E-state index is 9.00. The molecule has 0 aliphatic heterocycles. The van der Waals surface area contributed by atoms with Crippen LogP contribution in [0.2, 0.25) is 0 Å². The molecule has 0 amide bonds. The van der Waals surface area contributed by atoms with E-state index < -0.39 is 0 Å². The monoisotopic (exact) mass is 232 g/mol. The van der Waals surface area contributed by atoms with Gasteiger partial charge >= 0.3 is 0 Å². The third-order valence-corrected chi connectivity index (χ3v) is 3.33. The standard InChI is InChI=1S/C12H28N2O2/c1-5-11(6-7-15)14-12(8-13,9-16-4)10(2)3/h10-11,14-15H,5-9,13H2,1-4H3. The summed E-state index contributed by atoms with van der Waals surface area (Å²) in [5, 5.41) is 12.6. The molecule has 98 valence electrons. The van der Waals surface area contributed by atoms with Crippen molar-refractivity contribution in [2.24, 2.45) is 11.7 Å². The zero-order chi connectivity index (χ0) is 12.6. The molecule has 0 aromatic rings. The summed E-state index contributed by atoms with van der Waals surface area (Å²) in [5.41, 5.74) is 5.70. The second-order valence-electron chi connectivity index (χ2n) is 4.71. The largest absolute Gasteiger partial charge is 0.396 e. The number of hydrogen-bond donors (Lipinski definition) is 3. The van der Waals surface area contributed by atoms with Crippen molar-refractivity contribution in [3.05, 3.63) is 0 Å². The van der Waals surface area contributed by atoms with Crippen LogP contribution >= 0.6 is 0 Å². The van der Waals surface area contributed by atoms with Crippen LogP contribution in [0.1, 0.15) is 33.6 Å². The van der Waals surface area contributed by atoms with Crippen LogP contribution in [0.4, 0.5) is 0 Å². The van der Waals surface area contributed by atoms with Crippen molar-refractivity contribution in [1.29, 1.82) is 0 Å². The summed E-state index contributed by atoms with van der Waals surface area (Å²) in [6.07, 6.45) is 1.74. The number of nitrogens with two attached hydrogens (primary N) is 1. The molecule has 2 unspecified atom stereocenters. The summed E-state index contributed by atoms with van der Waals surface area (Å²) in [6, 6.07) is 0.297. The molecule has 0 aromatic heterocycles. The molecule has 0 fully saturated rings. The van der Waals surface area contributed by atoms with Crippen molar-refractivity contribution in [3.8, 4) is 0 Å². The van der Waals surface area contributed by atoms with E-state index in [-0.39, 0.29) is 12.1 Å². The van der Waals surface area contributed by atoms with E-state index in [1.165, 1.54) is 0 Å². The first-order chi connectivity index (χ1) is 7.56. The van der Waals surface area contributed by atoms with Crippen molar-refractivity contribution in [2.45, 2.75) is 45.2 Å². The van der Waals surface area contributed by atoms with Crippen LogP contribution in [0.15, 0.2) is 0 Å². The first kappa shape index (κ1) is 15.8. The lowest BCUT2D eigenvalue weighted by atomic mass is 9.85. The smallest absolute Gasteiger partial charge is 0.0659 e. The van der Waals surface area contributed by atoms with Gasteiger partial charge in [-0.3, -0.25) is 0 Å². The number of aliphatic hydroxyl groups is 1. The minimum Gasteiger partial charge on any atom is -0.396 e. The third kappa shape index (κ3) is 4.37. The number of ether oxygens (including phenoxy) is 1. The van der Waals surface area contributed by atoms with Crippen LogP contribution in [0.25, 0.3) is 0 Å². The van der Waals surface area contributed by atoms with Crippen LogP contribution in [0.3, 0.4) is 0 Å². The highest BCUT2D eigenvalue weighted by Crippen LogP contribution is 2.18. The number of nitrogens with one attached hydrogen (secondary N) is 1. The van der Waals surface area contributed by atoms with E-state index in [4.69, 9.17) is 15.6 Å². The molecule has 0 aliphatic carbocycles. The Labute approximate surface area is 99.6 Å². The first-order valence-electron chi connectivity index (χ1n) is 6.13. The highest BCUT2D eigenvalue weighted by atomic mass is 16.5. The SMILES string of the molecule is CCC(CCO)NC(CN)(COC)C(C)C. The lowest BCUT2D eigenvalue weighted by Crippen LogP contribution is -2.61. The van der Waals surface area contributed by atoms with Gasteiger partial charge in [-0.05, 0) is 18.8 Å². The fraction of sp³-hybridized carbons (Fsp3) is 1.00. The molecule has 0 radical (unpaired) electrons. The summed E-state index contributed by atoms with van der Waals surface area (Å²) < 4.78 is 5.28. The average molecular weight is 232 g/mol. The molecule has 0 bridgehead atoms. The van der Waals surface area contributed by atoms with E-state index in [1.807, 2.05) is 0 Å². The average Bonchev–Trinajstić information content (AvgIpc) is 2.27. The van der Waals surface area contributed by atoms with Crippen LogP contribution in [0.5, 0.6) is 0 Å². The zero-order valence-corrected chi connectivity index (χ0v) is 11.1. The lowest BCUT2D eigenvalue weighted by molar-refractivity contribution is 0.0700. The molecule has 0 aliphatic rings. The molecule has 4 heteroatoms. The van der Waals surface area contributed by atoms with Crippen LogP contribution < -0.4 is 11.1 Å². The van der Waals surface area contributed by atoms with Crippen LogP contribution in [-0.4, -0.2) is 43.6 Å². The summed E-state index contributed by atoms with van der Waals surface area (Å²) in [6.45, 7) is 7.75. The maximum Gasteiger partial charge on any atom is 0.0659 e. The summed E-state index contributed by atoms with van der Waals surface area (Å²) in [4.78, 5) is 0. The molecule has 16 heavy (non-hydrogen) atoms. The Bertz CT molecular complexity index is 176. The Kier molecular flexibility index (Phi) is 7.93. The Balaban J connectivity index is 4.60. The Morgan fingerprint density at radius 2 is 2.06 bits per heavy atom. The second kappa shape index (κ2) is 8.01. The van der Waals surface area contributed by atoms with E-state index in [9.17, 15) is 0 Å². The molecule has 0 heterocycles. The first-order valence-corrected chi connectivity index (χ1v) is 6.13. The molecule has 0 aromatic carbocycles.